The van der Waals surface area contributed by atoms with Gasteiger partial charge < -0.3 is 20.2 Å². The number of halogens is 2. The molecule has 3 N–H and O–H groups in total. The summed E-state index contributed by atoms with van der Waals surface area (Å²) in [4.78, 5) is 11.4. The second-order valence-corrected chi connectivity index (χ2v) is 5.48. The van der Waals surface area contributed by atoms with E-state index in [-0.39, 0.29) is 29.8 Å². The van der Waals surface area contributed by atoms with E-state index in [9.17, 15) is 4.39 Å². The van der Waals surface area contributed by atoms with Crippen molar-refractivity contribution in [3.8, 4) is 0 Å². The number of benzene rings is 1. The summed E-state index contributed by atoms with van der Waals surface area (Å²) < 4.78 is 15.4. The van der Waals surface area contributed by atoms with Gasteiger partial charge in [-0.3, -0.25) is 4.99 Å². The van der Waals surface area contributed by atoms with Crippen LogP contribution in [-0.2, 0) is 13.0 Å². The maximum Gasteiger partial charge on any atom is 0.191 e. The monoisotopic (exact) mass is 456 g/mol. The van der Waals surface area contributed by atoms with E-state index >= 15 is 0 Å². The van der Waals surface area contributed by atoms with Gasteiger partial charge in [0.05, 0.1) is 6.33 Å². The molecule has 0 saturated heterocycles. The fourth-order valence-corrected chi connectivity index (χ4v) is 2.62. The van der Waals surface area contributed by atoms with Gasteiger partial charge in [-0.05, 0) is 30.2 Å². The number of nitrogens with one attached hydrogen (secondary N) is 3. The number of hydrogen-bond acceptors (Lipinski definition) is 2. The molecule has 0 unspecified atom stereocenters. The highest BCUT2D eigenvalue weighted by molar-refractivity contribution is 14.0. The van der Waals surface area contributed by atoms with Crippen molar-refractivity contribution in [2.75, 3.05) is 20.1 Å². The van der Waals surface area contributed by atoms with E-state index < -0.39 is 0 Å². The van der Waals surface area contributed by atoms with Crippen molar-refractivity contribution >= 4 is 40.8 Å². The molecule has 0 atom stereocenters. The third kappa shape index (κ3) is 5.18. The summed E-state index contributed by atoms with van der Waals surface area (Å²) in [5.41, 5.74) is 2.04. The van der Waals surface area contributed by atoms with Gasteiger partial charge in [-0.25, -0.2) is 9.37 Å². The Hall–Kier alpha value is -2.10. The van der Waals surface area contributed by atoms with Crippen LogP contribution in [0.1, 0.15) is 5.56 Å². The van der Waals surface area contributed by atoms with Gasteiger partial charge in [0, 0.05) is 56.2 Å². The largest absolute Gasteiger partial charge is 0.361 e. The third-order valence-corrected chi connectivity index (χ3v) is 3.86. The van der Waals surface area contributed by atoms with Crippen LogP contribution in [0.4, 0.5) is 4.39 Å². The maximum atomic E-state index is 13.4. The maximum absolute atomic E-state index is 13.4. The molecule has 2 aromatic heterocycles. The van der Waals surface area contributed by atoms with Crippen LogP contribution in [0.5, 0.6) is 0 Å². The highest BCUT2D eigenvalue weighted by Gasteiger charge is 2.05. The van der Waals surface area contributed by atoms with Crippen molar-refractivity contribution in [3.05, 3.63) is 54.5 Å². The standard InChI is InChI=1S/C17H21FN6.HI/c1-19-17(22-7-9-24-8-6-20-12-24)21-5-4-13-11-23-16-3-2-14(18)10-15(13)16;/h2-3,6,8,10-12,23H,4-5,7,9H2,1H3,(H2,19,21,22);1H. The number of nitrogens with zero attached hydrogens (tertiary/aromatic N) is 3. The average Bonchev–Trinajstić information content (AvgIpc) is 3.23. The predicted octanol–water partition coefficient (Wildman–Crippen LogP) is 2.53. The first-order chi connectivity index (χ1) is 11.8. The zero-order valence-corrected chi connectivity index (χ0v) is 16.3. The van der Waals surface area contributed by atoms with Gasteiger partial charge >= 0.3 is 0 Å². The molecular formula is C17H22FIN6. The summed E-state index contributed by atoms with van der Waals surface area (Å²) in [6.07, 6.45) is 8.19. The highest BCUT2D eigenvalue weighted by Crippen LogP contribution is 2.19. The number of guanidine groups is 1. The van der Waals surface area contributed by atoms with Gasteiger partial charge in [-0.2, -0.15) is 0 Å². The van der Waals surface area contributed by atoms with Gasteiger partial charge in [0.1, 0.15) is 5.82 Å². The van der Waals surface area contributed by atoms with Gasteiger partial charge in [0.25, 0.3) is 0 Å². The minimum atomic E-state index is -0.215. The molecule has 1 aromatic carbocycles. The van der Waals surface area contributed by atoms with E-state index in [1.165, 1.54) is 6.07 Å². The molecule has 3 aromatic rings. The summed E-state index contributed by atoms with van der Waals surface area (Å²) in [6, 6.07) is 4.80. The zero-order valence-electron chi connectivity index (χ0n) is 14.0. The molecule has 8 heteroatoms. The van der Waals surface area contributed by atoms with E-state index in [1.807, 2.05) is 17.0 Å². The van der Waals surface area contributed by atoms with Crippen LogP contribution in [0, 0.1) is 5.82 Å². The van der Waals surface area contributed by atoms with E-state index in [0.29, 0.717) is 6.54 Å². The number of imidazole rings is 1. The van der Waals surface area contributed by atoms with Gasteiger partial charge in [0.15, 0.2) is 5.96 Å². The van der Waals surface area contributed by atoms with Crippen LogP contribution in [0.15, 0.2) is 48.1 Å². The Morgan fingerprint density at radius 1 is 1.32 bits per heavy atom. The summed E-state index contributed by atoms with van der Waals surface area (Å²) in [7, 11) is 1.74. The van der Waals surface area contributed by atoms with Crippen molar-refractivity contribution in [3.63, 3.8) is 0 Å². The fourth-order valence-electron chi connectivity index (χ4n) is 2.62. The number of H-pyrrole nitrogens is 1. The summed E-state index contributed by atoms with van der Waals surface area (Å²) >= 11 is 0. The van der Waals surface area contributed by atoms with Crippen molar-refractivity contribution in [1.29, 1.82) is 0 Å². The van der Waals surface area contributed by atoms with Gasteiger partial charge in [-0.15, -0.1) is 24.0 Å². The molecule has 3 rings (SSSR count). The smallest absolute Gasteiger partial charge is 0.191 e. The molecule has 0 fully saturated rings. The zero-order chi connectivity index (χ0) is 16.8. The number of hydrogen-bond donors (Lipinski definition) is 3. The summed E-state index contributed by atoms with van der Waals surface area (Å²) in [5, 5.41) is 7.46. The minimum Gasteiger partial charge on any atom is -0.361 e. The van der Waals surface area contributed by atoms with E-state index in [0.717, 1.165) is 41.9 Å². The molecule has 0 aliphatic carbocycles. The number of aliphatic imine (C=N–C) groups is 1. The molecule has 0 amide bonds. The first-order valence-corrected chi connectivity index (χ1v) is 7.92. The van der Waals surface area contributed by atoms with Crippen molar-refractivity contribution in [2.24, 2.45) is 4.99 Å². The lowest BCUT2D eigenvalue weighted by Gasteiger charge is -2.12. The Morgan fingerprint density at radius 2 is 2.16 bits per heavy atom. The molecule has 0 radical (unpaired) electrons. The van der Waals surface area contributed by atoms with Gasteiger partial charge in [-0.1, -0.05) is 0 Å². The Bertz CT molecular complexity index is 812. The number of aromatic nitrogens is 3. The van der Waals surface area contributed by atoms with Crippen LogP contribution >= 0.6 is 24.0 Å². The first-order valence-electron chi connectivity index (χ1n) is 7.92. The number of rotatable bonds is 6. The molecular weight excluding hydrogens is 434 g/mol. The molecule has 2 heterocycles. The highest BCUT2D eigenvalue weighted by atomic mass is 127. The fraction of sp³-hybridized carbons (Fsp3) is 0.294. The second kappa shape index (κ2) is 9.40. The lowest BCUT2D eigenvalue weighted by atomic mass is 10.1. The summed E-state index contributed by atoms with van der Waals surface area (Å²) in [6.45, 7) is 2.30. The SMILES string of the molecule is CN=C(NCCc1c[nH]c2ccc(F)cc12)NCCn1ccnc1.I. The van der Waals surface area contributed by atoms with Crippen LogP contribution in [0.2, 0.25) is 0 Å². The predicted molar refractivity (Wildman–Crippen MR) is 109 cm³/mol. The Labute approximate surface area is 163 Å². The topological polar surface area (TPSA) is 70.0 Å². The third-order valence-electron chi connectivity index (χ3n) is 3.86. The van der Waals surface area contributed by atoms with Crippen LogP contribution in [-0.4, -0.2) is 40.6 Å². The van der Waals surface area contributed by atoms with Crippen molar-refractivity contribution < 1.29 is 4.39 Å². The van der Waals surface area contributed by atoms with Gasteiger partial charge in [0.2, 0.25) is 0 Å². The molecule has 0 bridgehead atoms. The second-order valence-electron chi connectivity index (χ2n) is 5.48. The molecule has 6 nitrogen and oxygen atoms in total. The lowest BCUT2D eigenvalue weighted by Crippen LogP contribution is -2.39. The van der Waals surface area contributed by atoms with E-state index in [4.69, 9.17) is 0 Å². The van der Waals surface area contributed by atoms with Crippen molar-refractivity contribution in [1.82, 2.24) is 25.2 Å². The van der Waals surface area contributed by atoms with Crippen LogP contribution < -0.4 is 10.6 Å². The van der Waals surface area contributed by atoms with E-state index in [1.54, 1.807) is 31.7 Å². The first kappa shape index (κ1) is 19.2. The summed E-state index contributed by atoms with van der Waals surface area (Å²) in [5.74, 6) is 0.537. The Balaban J connectivity index is 0.00000225. The van der Waals surface area contributed by atoms with Crippen molar-refractivity contribution in [2.45, 2.75) is 13.0 Å². The molecule has 0 spiro atoms. The van der Waals surface area contributed by atoms with Crippen LogP contribution in [0.3, 0.4) is 0 Å². The quantitative estimate of drug-likeness (QED) is 0.304. The molecule has 134 valence electrons. The molecule has 0 saturated carbocycles. The lowest BCUT2D eigenvalue weighted by molar-refractivity contribution is 0.629. The average molecular weight is 456 g/mol. The number of aromatic amines is 1. The number of fused-ring (bicyclic) bond motifs is 1. The molecule has 25 heavy (non-hydrogen) atoms. The van der Waals surface area contributed by atoms with E-state index in [2.05, 4.69) is 25.6 Å². The Morgan fingerprint density at radius 3 is 2.92 bits per heavy atom. The molecule has 0 aliphatic rings. The molecule has 0 aliphatic heterocycles. The van der Waals surface area contributed by atoms with Crippen LogP contribution in [0.25, 0.3) is 10.9 Å². The normalized spacial score (nSPS) is 11.4. The minimum absolute atomic E-state index is 0. The Kier molecular flexibility index (Phi) is 7.23.